The van der Waals surface area contributed by atoms with E-state index in [1.54, 1.807) is 24.3 Å². The van der Waals surface area contributed by atoms with E-state index in [1.807, 2.05) is 13.8 Å². The Bertz CT molecular complexity index is 563. The molecule has 0 spiro atoms. The summed E-state index contributed by atoms with van der Waals surface area (Å²) in [4.78, 5) is 13.6. The Balaban J connectivity index is 2.36. The van der Waals surface area contributed by atoms with Crippen LogP contribution in [0.3, 0.4) is 0 Å². The molecule has 104 valence electrons. The van der Waals surface area contributed by atoms with Gasteiger partial charge in [0.15, 0.2) is 9.84 Å². The van der Waals surface area contributed by atoms with Crippen molar-refractivity contribution in [3.8, 4) is 0 Å². The highest BCUT2D eigenvalue weighted by Crippen LogP contribution is 2.25. The number of carbonyl (C=O) groups is 1. The van der Waals surface area contributed by atoms with Crippen molar-refractivity contribution in [2.24, 2.45) is 0 Å². The molecule has 0 aromatic heterocycles. The fourth-order valence-electron chi connectivity index (χ4n) is 2.47. The fourth-order valence-corrected chi connectivity index (χ4v) is 4.29. The smallest absolute Gasteiger partial charge is 0.223 e. The molecule has 1 heterocycles. The second kappa shape index (κ2) is 5.33. The van der Waals surface area contributed by atoms with Gasteiger partial charge in [-0.2, -0.15) is 0 Å². The molecular formula is C14H19NO3S. The molecule has 1 fully saturated rings. The molecule has 19 heavy (non-hydrogen) atoms. The Morgan fingerprint density at radius 3 is 2.37 bits per heavy atom. The van der Waals surface area contributed by atoms with Crippen molar-refractivity contribution < 1.29 is 13.2 Å². The van der Waals surface area contributed by atoms with E-state index in [9.17, 15) is 13.2 Å². The van der Waals surface area contributed by atoms with Crippen LogP contribution in [0.4, 0.5) is 0 Å². The van der Waals surface area contributed by atoms with Gasteiger partial charge < -0.3 is 4.90 Å². The number of nitrogens with zero attached hydrogens (tertiary/aromatic N) is 1. The average Bonchev–Trinajstić information content (AvgIpc) is 2.77. The van der Waals surface area contributed by atoms with Crippen LogP contribution in [0.25, 0.3) is 0 Å². The number of carbonyl (C=O) groups excluding carboxylic acids is 1. The summed E-state index contributed by atoms with van der Waals surface area (Å²) < 4.78 is 25.2. The molecule has 1 aliphatic rings. The van der Waals surface area contributed by atoms with Crippen LogP contribution in [-0.4, -0.2) is 31.1 Å². The third kappa shape index (κ3) is 2.66. The number of likely N-dealkylation sites (tertiary alicyclic amines) is 1. The van der Waals surface area contributed by atoms with Gasteiger partial charge in [-0.25, -0.2) is 8.42 Å². The number of benzene rings is 1. The zero-order chi connectivity index (χ0) is 14.0. The number of aryl methyl sites for hydroxylation is 1. The summed E-state index contributed by atoms with van der Waals surface area (Å²) in [6.45, 7) is 4.27. The Hall–Kier alpha value is -1.36. The number of hydrogen-bond acceptors (Lipinski definition) is 3. The van der Waals surface area contributed by atoms with E-state index in [1.165, 1.54) is 4.90 Å². The zero-order valence-corrected chi connectivity index (χ0v) is 12.1. The molecule has 4 nitrogen and oxygen atoms in total. The fraction of sp³-hybridized carbons (Fsp3) is 0.500. The predicted molar refractivity (Wildman–Crippen MR) is 73.4 cm³/mol. The monoisotopic (exact) mass is 281 g/mol. The molecule has 1 aromatic rings. The lowest BCUT2D eigenvalue weighted by molar-refractivity contribution is -0.128. The summed E-state index contributed by atoms with van der Waals surface area (Å²) >= 11 is 0. The lowest BCUT2D eigenvalue weighted by Gasteiger charge is -2.26. The molecule has 0 N–H and O–H groups in total. The van der Waals surface area contributed by atoms with Crippen molar-refractivity contribution in [3.63, 3.8) is 0 Å². The van der Waals surface area contributed by atoms with Gasteiger partial charge in [0.25, 0.3) is 0 Å². The summed E-state index contributed by atoms with van der Waals surface area (Å²) in [6.07, 6.45) is 1.63. The van der Waals surface area contributed by atoms with E-state index in [2.05, 4.69) is 0 Å². The van der Waals surface area contributed by atoms with Crippen molar-refractivity contribution in [1.29, 1.82) is 0 Å². The quantitative estimate of drug-likeness (QED) is 0.849. The molecular weight excluding hydrogens is 262 g/mol. The van der Waals surface area contributed by atoms with Crippen molar-refractivity contribution in [1.82, 2.24) is 4.90 Å². The maximum atomic E-state index is 12.6. The van der Waals surface area contributed by atoms with Gasteiger partial charge >= 0.3 is 0 Å². The minimum absolute atomic E-state index is 0.0532. The van der Waals surface area contributed by atoms with Crippen LogP contribution in [-0.2, 0) is 14.6 Å². The molecule has 0 aliphatic carbocycles. The van der Waals surface area contributed by atoms with Crippen LogP contribution in [0.2, 0.25) is 0 Å². The second-order valence-corrected chi connectivity index (χ2v) is 7.02. The standard InChI is InChI=1S/C14H19NO3S/c1-3-14(15-10-4-5-13(15)16)19(17,18)12-8-6-11(2)7-9-12/h6-9,14H,3-5,10H2,1-2H3. The van der Waals surface area contributed by atoms with E-state index in [0.717, 1.165) is 12.0 Å². The van der Waals surface area contributed by atoms with Gasteiger partial charge in [-0.05, 0) is 31.9 Å². The predicted octanol–water partition coefficient (Wildman–Crippen LogP) is 2.13. The molecule has 0 saturated carbocycles. The first-order chi connectivity index (χ1) is 8.96. The molecule has 0 bridgehead atoms. The third-order valence-electron chi connectivity index (χ3n) is 3.51. The first kappa shape index (κ1) is 14.1. The maximum Gasteiger partial charge on any atom is 0.223 e. The Kier molecular flexibility index (Phi) is 3.94. The Labute approximate surface area is 114 Å². The summed E-state index contributed by atoms with van der Waals surface area (Å²) in [7, 11) is -3.48. The van der Waals surface area contributed by atoms with E-state index in [4.69, 9.17) is 0 Å². The van der Waals surface area contributed by atoms with Crippen LogP contribution in [0.1, 0.15) is 31.7 Å². The number of amides is 1. The van der Waals surface area contributed by atoms with Gasteiger partial charge in [-0.15, -0.1) is 0 Å². The normalized spacial score (nSPS) is 17.8. The summed E-state index contributed by atoms with van der Waals surface area (Å²) in [6, 6.07) is 6.80. The van der Waals surface area contributed by atoms with Gasteiger partial charge in [-0.3, -0.25) is 4.79 Å². The molecule has 1 aliphatic heterocycles. The molecule has 1 aromatic carbocycles. The molecule has 0 radical (unpaired) electrons. The van der Waals surface area contributed by atoms with Crippen molar-refractivity contribution >= 4 is 15.7 Å². The zero-order valence-electron chi connectivity index (χ0n) is 11.3. The second-order valence-electron chi connectivity index (χ2n) is 4.91. The molecule has 1 atom stereocenters. The third-order valence-corrected chi connectivity index (χ3v) is 5.75. The average molecular weight is 281 g/mol. The van der Waals surface area contributed by atoms with E-state index in [-0.39, 0.29) is 5.91 Å². The summed E-state index contributed by atoms with van der Waals surface area (Å²) in [5.41, 5.74) is 1.02. The van der Waals surface area contributed by atoms with Crippen molar-refractivity contribution in [3.05, 3.63) is 29.8 Å². The SMILES string of the molecule is CCC(N1CCCC1=O)S(=O)(=O)c1ccc(C)cc1. The molecule has 1 unspecified atom stereocenters. The van der Waals surface area contributed by atoms with E-state index in [0.29, 0.717) is 24.3 Å². The van der Waals surface area contributed by atoms with Crippen LogP contribution in [0.5, 0.6) is 0 Å². The summed E-state index contributed by atoms with van der Waals surface area (Å²) in [5.74, 6) is -0.0532. The number of hydrogen-bond donors (Lipinski definition) is 0. The van der Waals surface area contributed by atoms with Crippen molar-refractivity contribution in [2.45, 2.75) is 43.4 Å². The van der Waals surface area contributed by atoms with Crippen LogP contribution >= 0.6 is 0 Å². The van der Waals surface area contributed by atoms with Crippen LogP contribution in [0.15, 0.2) is 29.2 Å². The molecule has 1 amide bonds. The lowest BCUT2D eigenvalue weighted by atomic mass is 10.2. The topological polar surface area (TPSA) is 54.5 Å². The highest BCUT2D eigenvalue weighted by molar-refractivity contribution is 7.92. The minimum Gasteiger partial charge on any atom is -0.325 e. The molecule has 2 rings (SSSR count). The minimum atomic E-state index is -3.48. The largest absolute Gasteiger partial charge is 0.325 e. The first-order valence-electron chi connectivity index (χ1n) is 6.57. The van der Waals surface area contributed by atoms with Gasteiger partial charge in [-0.1, -0.05) is 24.6 Å². The van der Waals surface area contributed by atoms with Gasteiger partial charge in [0, 0.05) is 13.0 Å². The number of rotatable bonds is 4. The van der Waals surface area contributed by atoms with E-state index < -0.39 is 15.2 Å². The maximum absolute atomic E-state index is 12.6. The highest BCUT2D eigenvalue weighted by atomic mass is 32.2. The molecule has 1 saturated heterocycles. The van der Waals surface area contributed by atoms with Crippen molar-refractivity contribution in [2.75, 3.05) is 6.54 Å². The highest BCUT2D eigenvalue weighted by Gasteiger charge is 2.36. The van der Waals surface area contributed by atoms with Gasteiger partial charge in [0.1, 0.15) is 5.37 Å². The Morgan fingerprint density at radius 2 is 1.89 bits per heavy atom. The number of sulfone groups is 1. The van der Waals surface area contributed by atoms with Crippen LogP contribution in [0, 0.1) is 6.92 Å². The molecule has 5 heteroatoms. The lowest BCUT2D eigenvalue weighted by Crippen LogP contribution is -2.41. The van der Waals surface area contributed by atoms with Crippen LogP contribution < -0.4 is 0 Å². The Morgan fingerprint density at radius 1 is 1.26 bits per heavy atom. The van der Waals surface area contributed by atoms with Gasteiger partial charge in [0.05, 0.1) is 4.90 Å². The van der Waals surface area contributed by atoms with Gasteiger partial charge in [0.2, 0.25) is 5.91 Å². The summed E-state index contributed by atoms with van der Waals surface area (Å²) in [5, 5.41) is -0.731. The first-order valence-corrected chi connectivity index (χ1v) is 8.11. The van der Waals surface area contributed by atoms with E-state index >= 15 is 0 Å².